The third-order valence-electron chi connectivity index (χ3n) is 1.24. The first-order chi connectivity index (χ1) is 5.99. The molecular formula is C6H12F3NO3. The molecule has 0 aliphatic carbocycles. The lowest BCUT2D eigenvalue weighted by atomic mass is 10.3. The predicted octanol–water partition coefficient (Wildman–Crippen LogP) is -0.534. The summed E-state index contributed by atoms with van der Waals surface area (Å²) in [5, 5.41) is 19.5. The van der Waals surface area contributed by atoms with E-state index in [4.69, 9.17) is 10.2 Å². The number of alkyl halides is 3. The lowest BCUT2D eigenvalue weighted by Crippen LogP contribution is -2.38. The zero-order chi connectivity index (χ0) is 10.3. The van der Waals surface area contributed by atoms with E-state index < -0.39 is 19.0 Å². The molecule has 0 heterocycles. The van der Waals surface area contributed by atoms with Gasteiger partial charge in [-0.1, -0.05) is 0 Å². The second-order valence-corrected chi connectivity index (χ2v) is 2.31. The highest BCUT2D eigenvalue weighted by molar-refractivity contribution is 4.62. The highest BCUT2D eigenvalue weighted by Crippen LogP contribution is 2.15. The number of hydrogen-bond donors (Lipinski definition) is 3. The van der Waals surface area contributed by atoms with Gasteiger partial charge in [0.15, 0.2) is 0 Å². The summed E-state index contributed by atoms with van der Waals surface area (Å²) >= 11 is 0. The Morgan fingerprint density at radius 3 is 2.15 bits per heavy atom. The highest BCUT2D eigenvalue weighted by Gasteiger charge is 2.28. The summed E-state index contributed by atoms with van der Waals surface area (Å²) in [6.45, 7) is -1.28. The number of aliphatic hydroxyl groups is 2. The van der Waals surface area contributed by atoms with Gasteiger partial charge >= 0.3 is 6.36 Å². The third kappa shape index (κ3) is 7.97. The second-order valence-electron chi connectivity index (χ2n) is 2.31. The standard InChI is InChI=1S/C6H12F3NO3/c7-6(8,9)13-2-1-10-5(3-11)4-12/h5,10-12H,1-4H2. The van der Waals surface area contributed by atoms with E-state index in [0.29, 0.717) is 0 Å². The molecule has 0 aromatic rings. The number of aliphatic hydroxyl groups excluding tert-OH is 2. The zero-order valence-electron chi connectivity index (χ0n) is 6.84. The topological polar surface area (TPSA) is 61.7 Å². The Kier molecular flexibility index (Phi) is 5.97. The van der Waals surface area contributed by atoms with E-state index in [1.165, 1.54) is 0 Å². The quantitative estimate of drug-likeness (QED) is 0.508. The Morgan fingerprint density at radius 2 is 1.77 bits per heavy atom. The highest BCUT2D eigenvalue weighted by atomic mass is 19.4. The largest absolute Gasteiger partial charge is 0.522 e. The molecule has 80 valence electrons. The summed E-state index contributed by atoms with van der Waals surface area (Å²) in [5.74, 6) is 0. The average molecular weight is 203 g/mol. The maximum Gasteiger partial charge on any atom is 0.522 e. The molecule has 0 aliphatic heterocycles. The SMILES string of the molecule is OCC(CO)NCCOC(F)(F)F. The summed E-state index contributed by atoms with van der Waals surface area (Å²) in [5.41, 5.74) is 0. The van der Waals surface area contributed by atoms with E-state index in [1.807, 2.05) is 0 Å². The van der Waals surface area contributed by atoms with Crippen molar-refractivity contribution < 1.29 is 28.1 Å². The monoisotopic (exact) mass is 203 g/mol. The minimum absolute atomic E-state index is 0.0781. The fourth-order valence-corrected chi connectivity index (χ4v) is 0.617. The molecule has 0 unspecified atom stereocenters. The lowest BCUT2D eigenvalue weighted by molar-refractivity contribution is -0.323. The van der Waals surface area contributed by atoms with Gasteiger partial charge in [0.1, 0.15) is 0 Å². The molecule has 0 amide bonds. The van der Waals surface area contributed by atoms with Crippen molar-refractivity contribution in [3.63, 3.8) is 0 Å². The number of hydrogen-bond acceptors (Lipinski definition) is 4. The van der Waals surface area contributed by atoms with Crippen molar-refractivity contribution in [1.29, 1.82) is 0 Å². The minimum atomic E-state index is -4.63. The third-order valence-corrected chi connectivity index (χ3v) is 1.24. The Hall–Kier alpha value is -0.370. The van der Waals surface area contributed by atoms with E-state index in [1.54, 1.807) is 0 Å². The van der Waals surface area contributed by atoms with Crippen LogP contribution in [-0.4, -0.2) is 49.0 Å². The first-order valence-electron chi connectivity index (χ1n) is 3.65. The van der Waals surface area contributed by atoms with Crippen molar-refractivity contribution in [3.8, 4) is 0 Å². The van der Waals surface area contributed by atoms with Gasteiger partial charge in [-0.25, -0.2) is 0 Å². The molecule has 0 aromatic carbocycles. The van der Waals surface area contributed by atoms with Gasteiger partial charge in [-0.05, 0) is 0 Å². The second kappa shape index (κ2) is 6.14. The lowest BCUT2D eigenvalue weighted by Gasteiger charge is -2.13. The van der Waals surface area contributed by atoms with Crippen LogP contribution in [-0.2, 0) is 4.74 Å². The number of halogens is 3. The van der Waals surface area contributed by atoms with Crippen LogP contribution in [0.5, 0.6) is 0 Å². The van der Waals surface area contributed by atoms with E-state index in [2.05, 4.69) is 10.1 Å². The van der Waals surface area contributed by atoms with Gasteiger partial charge in [0.25, 0.3) is 0 Å². The van der Waals surface area contributed by atoms with Gasteiger partial charge in [-0.15, -0.1) is 13.2 Å². The van der Waals surface area contributed by atoms with Crippen molar-refractivity contribution >= 4 is 0 Å². The van der Waals surface area contributed by atoms with E-state index in [0.717, 1.165) is 0 Å². The Morgan fingerprint density at radius 1 is 1.23 bits per heavy atom. The first kappa shape index (κ1) is 12.6. The van der Waals surface area contributed by atoms with Crippen molar-refractivity contribution in [2.24, 2.45) is 0 Å². The molecule has 0 atom stereocenters. The minimum Gasteiger partial charge on any atom is -0.395 e. The summed E-state index contributed by atoms with van der Waals surface area (Å²) in [6, 6.07) is -0.600. The molecular weight excluding hydrogens is 191 g/mol. The molecule has 0 spiro atoms. The van der Waals surface area contributed by atoms with Crippen LogP contribution in [0.15, 0.2) is 0 Å². The van der Waals surface area contributed by atoms with Crippen LogP contribution < -0.4 is 5.32 Å². The van der Waals surface area contributed by atoms with Gasteiger partial charge in [0.2, 0.25) is 0 Å². The van der Waals surface area contributed by atoms with Gasteiger partial charge in [0.05, 0.1) is 25.9 Å². The first-order valence-corrected chi connectivity index (χ1v) is 3.65. The molecule has 0 aliphatic rings. The summed E-state index contributed by atoms with van der Waals surface area (Å²) in [4.78, 5) is 0. The fraction of sp³-hybridized carbons (Fsp3) is 1.00. The maximum absolute atomic E-state index is 11.4. The molecule has 0 radical (unpaired) electrons. The van der Waals surface area contributed by atoms with Crippen molar-refractivity contribution in [2.45, 2.75) is 12.4 Å². The van der Waals surface area contributed by atoms with E-state index in [-0.39, 0.29) is 19.8 Å². The van der Waals surface area contributed by atoms with Crippen LogP contribution in [0.4, 0.5) is 13.2 Å². The predicted molar refractivity (Wildman–Crippen MR) is 38.0 cm³/mol. The smallest absolute Gasteiger partial charge is 0.395 e. The Labute approximate surface area is 73.3 Å². The van der Waals surface area contributed by atoms with Crippen molar-refractivity contribution in [3.05, 3.63) is 0 Å². The van der Waals surface area contributed by atoms with Gasteiger partial charge in [-0.2, -0.15) is 0 Å². The van der Waals surface area contributed by atoms with Crippen LogP contribution in [0.1, 0.15) is 0 Å². The normalized spacial score (nSPS) is 12.5. The molecule has 0 bridgehead atoms. The fourth-order valence-electron chi connectivity index (χ4n) is 0.617. The molecule has 0 rings (SSSR count). The van der Waals surface area contributed by atoms with Crippen LogP contribution in [0.3, 0.4) is 0 Å². The number of rotatable bonds is 6. The van der Waals surface area contributed by atoms with Crippen LogP contribution >= 0.6 is 0 Å². The van der Waals surface area contributed by atoms with Crippen LogP contribution in [0.25, 0.3) is 0 Å². The van der Waals surface area contributed by atoms with Crippen LogP contribution in [0, 0.1) is 0 Å². The maximum atomic E-state index is 11.4. The Bertz CT molecular complexity index is 127. The zero-order valence-corrected chi connectivity index (χ0v) is 6.84. The van der Waals surface area contributed by atoms with Gasteiger partial charge < -0.3 is 15.5 Å². The number of ether oxygens (including phenoxy) is 1. The van der Waals surface area contributed by atoms with Crippen molar-refractivity contribution in [2.75, 3.05) is 26.4 Å². The summed E-state index contributed by atoms with van der Waals surface area (Å²) in [7, 11) is 0. The molecule has 0 saturated carbocycles. The Balaban J connectivity index is 3.34. The van der Waals surface area contributed by atoms with Gasteiger partial charge in [0, 0.05) is 6.54 Å². The number of nitrogens with one attached hydrogen (secondary N) is 1. The molecule has 0 aromatic heterocycles. The molecule has 13 heavy (non-hydrogen) atoms. The average Bonchev–Trinajstić information content (AvgIpc) is 2.03. The summed E-state index contributed by atoms with van der Waals surface area (Å²) < 4.78 is 37.6. The molecule has 3 N–H and O–H groups in total. The summed E-state index contributed by atoms with van der Waals surface area (Å²) in [6.07, 6.45) is -4.63. The molecule has 4 nitrogen and oxygen atoms in total. The van der Waals surface area contributed by atoms with E-state index in [9.17, 15) is 13.2 Å². The molecule has 7 heteroatoms. The van der Waals surface area contributed by atoms with E-state index >= 15 is 0 Å². The molecule has 0 saturated heterocycles. The molecule has 0 fully saturated rings. The van der Waals surface area contributed by atoms with Crippen molar-refractivity contribution in [1.82, 2.24) is 5.32 Å². The van der Waals surface area contributed by atoms with Crippen LogP contribution in [0.2, 0.25) is 0 Å². The van der Waals surface area contributed by atoms with Gasteiger partial charge in [-0.3, -0.25) is 4.74 Å².